The van der Waals surface area contributed by atoms with Gasteiger partial charge < -0.3 is 10.4 Å². The fraction of sp³-hybridized carbons (Fsp3) is 0.133. The predicted octanol–water partition coefficient (Wildman–Crippen LogP) is 1.76. The van der Waals surface area contributed by atoms with Crippen LogP contribution in [0, 0.1) is 6.92 Å². The van der Waals surface area contributed by atoms with E-state index in [1.807, 2.05) is 6.92 Å². The van der Waals surface area contributed by atoms with Crippen molar-refractivity contribution in [1.29, 1.82) is 0 Å². The lowest BCUT2D eigenvalue weighted by molar-refractivity contribution is -0.117. The summed E-state index contributed by atoms with van der Waals surface area (Å²) < 4.78 is 1.35. The lowest BCUT2D eigenvalue weighted by atomic mass is 10.2. The van der Waals surface area contributed by atoms with Crippen LogP contribution in [0.15, 0.2) is 46.2 Å². The second-order valence-corrected chi connectivity index (χ2v) is 4.86. The van der Waals surface area contributed by atoms with E-state index in [4.69, 9.17) is 0 Å². The molecule has 1 aromatic heterocycles. The number of hydrogen-bond donors (Lipinski definition) is 2. The van der Waals surface area contributed by atoms with Crippen molar-refractivity contribution in [2.45, 2.75) is 13.0 Å². The summed E-state index contributed by atoms with van der Waals surface area (Å²) in [5, 5.41) is 11.9. The van der Waals surface area contributed by atoms with Gasteiger partial charge in [-0.05, 0) is 42.8 Å². The standard InChI is InChI=1S/C15H13N3O3/c1-9-6-13-16-8-12(18(13)14(20)7-9)15(21)17-10-2-4-11(19)5-3-10/h2-8,12,19H,1H3,(H,17,21). The van der Waals surface area contributed by atoms with Crippen molar-refractivity contribution in [2.24, 2.45) is 4.99 Å². The van der Waals surface area contributed by atoms with Crippen molar-refractivity contribution in [3.63, 3.8) is 0 Å². The minimum Gasteiger partial charge on any atom is -0.508 e. The average molecular weight is 283 g/mol. The Kier molecular flexibility index (Phi) is 3.06. The van der Waals surface area contributed by atoms with Gasteiger partial charge in [0, 0.05) is 18.0 Å². The fourth-order valence-electron chi connectivity index (χ4n) is 2.23. The molecule has 0 bridgehead atoms. The zero-order chi connectivity index (χ0) is 15.0. The molecule has 2 N–H and O–H groups in total. The van der Waals surface area contributed by atoms with E-state index < -0.39 is 6.04 Å². The number of benzene rings is 1. The van der Waals surface area contributed by atoms with Crippen LogP contribution in [0.25, 0.3) is 0 Å². The highest BCUT2D eigenvalue weighted by atomic mass is 16.3. The van der Waals surface area contributed by atoms with E-state index in [9.17, 15) is 14.7 Å². The molecule has 106 valence electrons. The SMILES string of the molecule is Cc1cc2n(c(=O)c1)C(C(=O)Nc1ccc(O)cc1)C=N2. The number of phenolic OH excluding ortho intramolecular Hbond substituents is 1. The highest BCUT2D eigenvalue weighted by Crippen LogP contribution is 2.24. The highest BCUT2D eigenvalue weighted by molar-refractivity contribution is 6.05. The van der Waals surface area contributed by atoms with E-state index in [2.05, 4.69) is 10.3 Å². The predicted molar refractivity (Wildman–Crippen MR) is 79.4 cm³/mol. The van der Waals surface area contributed by atoms with E-state index in [1.54, 1.807) is 18.2 Å². The first-order chi connectivity index (χ1) is 10.0. The molecule has 0 spiro atoms. The first-order valence-corrected chi connectivity index (χ1v) is 6.42. The van der Waals surface area contributed by atoms with Crippen LogP contribution in [0.5, 0.6) is 5.75 Å². The molecule has 21 heavy (non-hydrogen) atoms. The molecule has 6 heteroatoms. The number of fused-ring (bicyclic) bond motifs is 1. The number of amides is 1. The van der Waals surface area contributed by atoms with E-state index in [0.717, 1.165) is 5.56 Å². The molecular formula is C15H13N3O3. The molecule has 1 aliphatic rings. The Balaban J connectivity index is 1.87. The number of carbonyl (C=O) groups excluding carboxylic acids is 1. The summed E-state index contributed by atoms with van der Waals surface area (Å²) in [6.45, 7) is 1.81. The third kappa shape index (κ3) is 2.43. The van der Waals surface area contributed by atoms with Gasteiger partial charge in [-0.2, -0.15) is 0 Å². The Morgan fingerprint density at radius 2 is 2.00 bits per heavy atom. The van der Waals surface area contributed by atoms with Crippen LogP contribution >= 0.6 is 0 Å². The summed E-state index contributed by atoms with van der Waals surface area (Å²) in [7, 11) is 0. The third-order valence-electron chi connectivity index (χ3n) is 3.22. The summed E-state index contributed by atoms with van der Waals surface area (Å²) in [6.07, 6.45) is 1.45. The largest absolute Gasteiger partial charge is 0.508 e. The normalized spacial score (nSPS) is 15.8. The van der Waals surface area contributed by atoms with E-state index in [1.165, 1.54) is 29.0 Å². The van der Waals surface area contributed by atoms with Gasteiger partial charge in [0.1, 0.15) is 11.6 Å². The number of pyridine rings is 1. The van der Waals surface area contributed by atoms with Crippen LogP contribution in [0.1, 0.15) is 11.6 Å². The molecule has 6 nitrogen and oxygen atoms in total. The van der Waals surface area contributed by atoms with Gasteiger partial charge in [0.25, 0.3) is 11.5 Å². The molecule has 3 rings (SSSR count). The number of rotatable bonds is 2. The average Bonchev–Trinajstić information content (AvgIpc) is 2.85. The van der Waals surface area contributed by atoms with Crippen LogP contribution in [0.3, 0.4) is 0 Å². The van der Waals surface area contributed by atoms with Crippen LogP contribution in [0.2, 0.25) is 0 Å². The number of aliphatic imine (C=N–C) groups is 1. The first-order valence-electron chi connectivity index (χ1n) is 6.42. The van der Waals surface area contributed by atoms with Gasteiger partial charge in [0.15, 0.2) is 6.04 Å². The monoisotopic (exact) mass is 283 g/mol. The van der Waals surface area contributed by atoms with Crippen molar-refractivity contribution in [2.75, 3.05) is 5.32 Å². The highest BCUT2D eigenvalue weighted by Gasteiger charge is 2.26. The van der Waals surface area contributed by atoms with Gasteiger partial charge in [0.2, 0.25) is 0 Å². The Morgan fingerprint density at radius 1 is 1.29 bits per heavy atom. The zero-order valence-electron chi connectivity index (χ0n) is 11.3. The number of aromatic nitrogens is 1. The molecule has 1 aromatic carbocycles. The Hall–Kier alpha value is -2.89. The summed E-state index contributed by atoms with van der Waals surface area (Å²) in [6, 6.07) is 8.58. The molecule has 1 atom stereocenters. The third-order valence-corrected chi connectivity index (χ3v) is 3.22. The lowest BCUT2D eigenvalue weighted by Crippen LogP contribution is -2.31. The molecule has 0 radical (unpaired) electrons. The number of hydrogen-bond acceptors (Lipinski definition) is 4. The number of nitrogens with one attached hydrogen (secondary N) is 1. The molecular weight excluding hydrogens is 270 g/mol. The molecule has 1 aliphatic heterocycles. The molecule has 0 fully saturated rings. The Labute approximate surface area is 120 Å². The maximum absolute atomic E-state index is 12.3. The van der Waals surface area contributed by atoms with Gasteiger partial charge in [-0.15, -0.1) is 0 Å². The molecule has 2 aromatic rings. The van der Waals surface area contributed by atoms with Crippen LogP contribution < -0.4 is 10.9 Å². The second-order valence-electron chi connectivity index (χ2n) is 4.86. The van der Waals surface area contributed by atoms with Crippen LogP contribution in [0.4, 0.5) is 11.5 Å². The Bertz CT molecular complexity index is 791. The van der Waals surface area contributed by atoms with Crippen molar-refractivity contribution >= 4 is 23.6 Å². The van der Waals surface area contributed by atoms with Gasteiger partial charge in [0.05, 0.1) is 0 Å². The second kappa shape index (κ2) is 4.90. The molecule has 1 amide bonds. The molecule has 2 heterocycles. The molecule has 1 unspecified atom stereocenters. The maximum Gasteiger partial charge on any atom is 0.253 e. The smallest absolute Gasteiger partial charge is 0.253 e. The summed E-state index contributed by atoms with van der Waals surface area (Å²) in [4.78, 5) is 28.4. The van der Waals surface area contributed by atoms with Crippen molar-refractivity contribution in [1.82, 2.24) is 4.57 Å². The number of nitrogens with zero attached hydrogens (tertiary/aromatic N) is 2. The summed E-state index contributed by atoms with van der Waals surface area (Å²) >= 11 is 0. The van der Waals surface area contributed by atoms with E-state index in [-0.39, 0.29) is 17.2 Å². The van der Waals surface area contributed by atoms with Crippen molar-refractivity contribution in [3.05, 3.63) is 52.3 Å². The van der Waals surface area contributed by atoms with E-state index in [0.29, 0.717) is 11.5 Å². The summed E-state index contributed by atoms with van der Waals surface area (Å²) in [5.41, 5.74) is 1.09. The quantitative estimate of drug-likeness (QED) is 0.824. The zero-order valence-corrected chi connectivity index (χ0v) is 11.3. The minimum atomic E-state index is -0.762. The van der Waals surface area contributed by atoms with Gasteiger partial charge in [-0.25, -0.2) is 4.99 Å². The van der Waals surface area contributed by atoms with Gasteiger partial charge in [-0.3, -0.25) is 14.2 Å². The summed E-state index contributed by atoms with van der Waals surface area (Å²) in [5.74, 6) is 0.243. The van der Waals surface area contributed by atoms with Gasteiger partial charge in [-0.1, -0.05) is 0 Å². The minimum absolute atomic E-state index is 0.118. The van der Waals surface area contributed by atoms with Crippen molar-refractivity contribution < 1.29 is 9.90 Å². The van der Waals surface area contributed by atoms with Crippen LogP contribution in [-0.2, 0) is 4.79 Å². The first kappa shape index (κ1) is 13.1. The van der Waals surface area contributed by atoms with Gasteiger partial charge >= 0.3 is 0 Å². The molecule has 0 saturated heterocycles. The maximum atomic E-state index is 12.3. The van der Waals surface area contributed by atoms with Crippen LogP contribution in [-0.4, -0.2) is 21.8 Å². The number of anilines is 1. The molecule has 0 saturated carbocycles. The topological polar surface area (TPSA) is 83.7 Å². The number of aryl methyl sites for hydroxylation is 1. The lowest BCUT2D eigenvalue weighted by Gasteiger charge is -2.13. The number of aromatic hydroxyl groups is 1. The van der Waals surface area contributed by atoms with Crippen molar-refractivity contribution in [3.8, 4) is 5.75 Å². The fourth-order valence-corrected chi connectivity index (χ4v) is 2.23. The molecule has 0 aliphatic carbocycles. The number of carbonyl (C=O) groups is 1. The number of phenols is 1. The Morgan fingerprint density at radius 3 is 2.71 bits per heavy atom. The van der Waals surface area contributed by atoms with E-state index >= 15 is 0 Å².